The lowest BCUT2D eigenvalue weighted by molar-refractivity contribution is -0.124. The van der Waals surface area contributed by atoms with E-state index in [-0.39, 0.29) is 12.0 Å². The number of anilines is 1. The van der Waals surface area contributed by atoms with Crippen LogP contribution in [0.25, 0.3) is 0 Å². The molecule has 1 saturated heterocycles. The number of amides is 1. The lowest BCUT2D eigenvalue weighted by Gasteiger charge is -2.10. The zero-order chi connectivity index (χ0) is 13.9. The molecule has 104 valence electrons. The SMILES string of the molecule is CS(C)(=O)=Nc1cccc(NC(=O)[C@H]2CCCO2)c1. The maximum absolute atomic E-state index is 11.9. The van der Waals surface area contributed by atoms with Gasteiger partial charge >= 0.3 is 0 Å². The second-order valence-corrected chi connectivity index (χ2v) is 7.36. The molecular formula is C13H18N2O3S. The molecule has 1 aliphatic rings. The summed E-state index contributed by atoms with van der Waals surface area (Å²) in [6, 6.07) is 7.02. The minimum atomic E-state index is -2.20. The van der Waals surface area contributed by atoms with Crippen molar-refractivity contribution in [1.29, 1.82) is 0 Å². The number of ether oxygens (including phenoxy) is 1. The summed E-state index contributed by atoms with van der Waals surface area (Å²) in [5, 5.41) is 2.79. The molecule has 2 rings (SSSR count). The maximum Gasteiger partial charge on any atom is 0.253 e. The highest BCUT2D eigenvalue weighted by atomic mass is 32.2. The van der Waals surface area contributed by atoms with Crippen LogP contribution in [0.5, 0.6) is 0 Å². The number of hydrogen-bond acceptors (Lipinski definition) is 4. The van der Waals surface area contributed by atoms with E-state index in [0.29, 0.717) is 18.0 Å². The molecular weight excluding hydrogens is 264 g/mol. The Labute approximate surface area is 113 Å². The van der Waals surface area contributed by atoms with Crippen molar-refractivity contribution >= 4 is 27.0 Å². The van der Waals surface area contributed by atoms with Gasteiger partial charge in [-0.3, -0.25) is 4.79 Å². The smallest absolute Gasteiger partial charge is 0.253 e. The number of benzene rings is 1. The summed E-state index contributed by atoms with van der Waals surface area (Å²) >= 11 is 0. The molecule has 1 aliphatic heterocycles. The van der Waals surface area contributed by atoms with Crippen molar-refractivity contribution in [3.63, 3.8) is 0 Å². The summed E-state index contributed by atoms with van der Waals surface area (Å²) in [5.74, 6) is -0.136. The molecule has 1 atom stereocenters. The van der Waals surface area contributed by atoms with E-state index in [4.69, 9.17) is 4.74 Å². The van der Waals surface area contributed by atoms with Crippen molar-refractivity contribution in [2.24, 2.45) is 4.36 Å². The topological polar surface area (TPSA) is 67.8 Å². The molecule has 1 N–H and O–H groups in total. The molecule has 0 aromatic heterocycles. The van der Waals surface area contributed by atoms with Crippen LogP contribution in [0, 0.1) is 0 Å². The first-order chi connectivity index (χ1) is 8.94. The van der Waals surface area contributed by atoms with Crippen molar-refractivity contribution < 1.29 is 13.7 Å². The van der Waals surface area contributed by atoms with Crippen LogP contribution in [0.3, 0.4) is 0 Å². The summed E-state index contributed by atoms with van der Waals surface area (Å²) in [5.41, 5.74) is 1.24. The van der Waals surface area contributed by atoms with E-state index < -0.39 is 9.73 Å². The van der Waals surface area contributed by atoms with E-state index >= 15 is 0 Å². The molecule has 0 bridgehead atoms. The predicted molar refractivity (Wildman–Crippen MR) is 76.1 cm³/mol. The predicted octanol–water partition coefficient (Wildman–Crippen LogP) is 2.16. The van der Waals surface area contributed by atoms with E-state index in [9.17, 15) is 9.00 Å². The third kappa shape index (κ3) is 4.33. The first kappa shape index (κ1) is 14.0. The molecule has 1 aromatic rings. The quantitative estimate of drug-likeness (QED) is 0.923. The highest BCUT2D eigenvalue weighted by Gasteiger charge is 2.23. The molecule has 0 aliphatic carbocycles. The normalized spacial score (nSPS) is 19.2. The Morgan fingerprint density at radius 2 is 2.26 bits per heavy atom. The van der Waals surface area contributed by atoms with E-state index in [1.54, 1.807) is 36.8 Å². The third-order valence-electron chi connectivity index (χ3n) is 2.66. The molecule has 5 nitrogen and oxygen atoms in total. The van der Waals surface area contributed by atoms with Crippen molar-refractivity contribution in [2.45, 2.75) is 18.9 Å². The van der Waals surface area contributed by atoms with Gasteiger partial charge in [0.2, 0.25) is 0 Å². The van der Waals surface area contributed by atoms with Crippen LogP contribution in [-0.2, 0) is 19.3 Å². The molecule has 1 amide bonds. The molecule has 19 heavy (non-hydrogen) atoms. The van der Waals surface area contributed by atoms with Crippen LogP contribution in [-0.4, -0.2) is 35.3 Å². The van der Waals surface area contributed by atoms with E-state index in [0.717, 1.165) is 12.8 Å². The Kier molecular flexibility index (Phi) is 4.21. The average molecular weight is 282 g/mol. The van der Waals surface area contributed by atoms with Gasteiger partial charge in [-0.1, -0.05) is 6.07 Å². The highest BCUT2D eigenvalue weighted by Crippen LogP contribution is 2.20. The minimum absolute atomic E-state index is 0.136. The van der Waals surface area contributed by atoms with Crippen LogP contribution in [0.2, 0.25) is 0 Å². The summed E-state index contributed by atoms with van der Waals surface area (Å²) < 4.78 is 21.0. The summed E-state index contributed by atoms with van der Waals surface area (Å²) in [4.78, 5) is 11.9. The number of rotatable bonds is 3. The molecule has 1 fully saturated rings. The molecule has 0 saturated carbocycles. The minimum Gasteiger partial charge on any atom is -0.368 e. The van der Waals surface area contributed by atoms with Crippen LogP contribution in [0.15, 0.2) is 28.6 Å². The standard InChI is InChI=1S/C13H18N2O3S/c1-19(2,17)15-11-6-3-5-10(9-11)14-13(16)12-7-4-8-18-12/h3,5-6,9,12H,4,7-8H2,1-2H3,(H,14,16)/t12-/m1/s1. The van der Waals surface area contributed by atoms with Gasteiger partial charge in [-0.05, 0) is 31.0 Å². The van der Waals surface area contributed by atoms with Crippen molar-refractivity contribution in [3.05, 3.63) is 24.3 Å². The summed E-state index contributed by atoms with van der Waals surface area (Å²) in [7, 11) is -2.20. The zero-order valence-corrected chi connectivity index (χ0v) is 11.9. The lowest BCUT2D eigenvalue weighted by Crippen LogP contribution is -2.26. The molecule has 6 heteroatoms. The largest absolute Gasteiger partial charge is 0.368 e. The number of nitrogens with zero attached hydrogens (tertiary/aromatic N) is 1. The van der Waals surface area contributed by atoms with E-state index in [1.165, 1.54) is 0 Å². The van der Waals surface area contributed by atoms with Crippen LogP contribution < -0.4 is 5.32 Å². The summed E-state index contributed by atoms with van der Waals surface area (Å²) in [6.45, 7) is 0.640. The fraction of sp³-hybridized carbons (Fsp3) is 0.462. The molecule has 0 unspecified atom stereocenters. The lowest BCUT2D eigenvalue weighted by atomic mass is 10.2. The highest BCUT2D eigenvalue weighted by molar-refractivity contribution is 7.92. The molecule has 1 aromatic carbocycles. The van der Waals surface area contributed by atoms with Crippen LogP contribution in [0.1, 0.15) is 12.8 Å². The van der Waals surface area contributed by atoms with Gasteiger partial charge in [0.05, 0.1) is 5.69 Å². The van der Waals surface area contributed by atoms with Gasteiger partial charge < -0.3 is 10.1 Å². The van der Waals surface area contributed by atoms with E-state index in [1.807, 2.05) is 0 Å². The number of nitrogens with one attached hydrogen (secondary N) is 1. The van der Waals surface area contributed by atoms with Gasteiger partial charge in [0, 0.05) is 34.5 Å². The van der Waals surface area contributed by atoms with Gasteiger partial charge in [-0.2, -0.15) is 4.36 Å². The third-order valence-corrected chi connectivity index (χ3v) is 3.31. The van der Waals surface area contributed by atoms with Gasteiger partial charge in [-0.25, -0.2) is 4.21 Å². The van der Waals surface area contributed by atoms with Crippen molar-refractivity contribution in [1.82, 2.24) is 0 Å². The van der Waals surface area contributed by atoms with Crippen LogP contribution >= 0.6 is 0 Å². The number of carbonyl (C=O) groups is 1. The first-order valence-corrected chi connectivity index (χ1v) is 8.47. The molecule has 0 radical (unpaired) electrons. The maximum atomic E-state index is 11.9. The second-order valence-electron chi connectivity index (χ2n) is 4.81. The molecule has 0 spiro atoms. The second kappa shape index (κ2) is 5.71. The fourth-order valence-corrected chi connectivity index (χ4v) is 2.52. The van der Waals surface area contributed by atoms with Gasteiger partial charge in [0.15, 0.2) is 0 Å². The van der Waals surface area contributed by atoms with Gasteiger partial charge in [0.25, 0.3) is 5.91 Å². The zero-order valence-electron chi connectivity index (χ0n) is 11.1. The Balaban J connectivity index is 2.11. The Morgan fingerprint density at radius 1 is 1.47 bits per heavy atom. The number of carbonyl (C=O) groups excluding carboxylic acids is 1. The van der Waals surface area contributed by atoms with Crippen molar-refractivity contribution in [2.75, 3.05) is 24.4 Å². The summed E-state index contributed by atoms with van der Waals surface area (Å²) in [6.07, 6.45) is 4.46. The van der Waals surface area contributed by atoms with Crippen LogP contribution in [0.4, 0.5) is 11.4 Å². The number of hydrogen-bond donors (Lipinski definition) is 1. The van der Waals surface area contributed by atoms with Crippen molar-refractivity contribution in [3.8, 4) is 0 Å². The Hall–Kier alpha value is -1.40. The average Bonchev–Trinajstić information content (AvgIpc) is 2.80. The van der Waals surface area contributed by atoms with Gasteiger partial charge in [-0.15, -0.1) is 0 Å². The Morgan fingerprint density at radius 3 is 2.89 bits per heavy atom. The fourth-order valence-electron chi connectivity index (χ4n) is 1.90. The monoisotopic (exact) mass is 282 g/mol. The Bertz CT molecular complexity index is 577. The first-order valence-electron chi connectivity index (χ1n) is 6.14. The molecule has 1 heterocycles. The van der Waals surface area contributed by atoms with Gasteiger partial charge in [0.1, 0.15) is 6.10 Å². The van der Waals surface area contributed by atoms with E-state index in [2.05, 4.69) is 9.68 Å².